The van der Waals surface area contributed by atoms with Crippen LogP contribution in [0.4, 0.5) is 5.82 Å². The number of aliphatic hydroxyl groups is 1. The predicted molar refractivity (Wildman–Crippen MR) is 93.7 cm³/mol. The molecule has 1 atom stereocenters. The van der Waals surface area contributed by atoms with Crippen molar-refractivity contribution < 1.29 is 9.84 Å². The first kappa shape index (κ1) is 15.9. The fourth-order valence-electron chi connectivity index (χ4n) is 2.39. The number of thiophene rings is 1. The van der Waals surface area contributed by atoms with Crippen molar-refractivity contribution in [3.05, 3.63) is 41.5 Å². The lowest BCUT2D eigenvalue weighted by Crippen LogP contribution is -2.20. The minimum absolute atomic E-state index is 0.0376. The first-order valence-corrected chi connectivity index (χ1v) is 8.30. The lowest BCUT2D eigenvalue weighted by atomic mass is 10.1. The number of benzene rings is 1. The monoisotopic (exact) mass is 329 g/mol. The summed E-state index contributed by atoms with van der Waals surface area (Å²) < 4.78 is 5.16. The van der Waals surface area contributed by atoms with Gasteiger partial charge in [-0.3, -0.25) is 0 Å². The van der Waals surface area contributed by atoms with Crippen molar-refractivity contribution in [3.63, 3.8) is 0 Å². The highest BCUT2D eigenvalue weighted by Crippen LogP contribution is 2.37. The topological polar surface area (TPSA) is 67.3 Å². The van der Waals surface area contributed by atoms with Crippen LogP contribution in [0.3, 0.4) is 0 Å². The summed E-state index contributed by atoms with van der Waals surface area (Å²) in [4.78, 5) is 10.1. The molecule has 6 heteroatoms. The van der Waals surface area contributed by atoms with Crippen LogP contribution in [0.25, 0.3) is 21.3 Å². The highest BCUT2D eigenvalue weighted by molar-refractivity contribution is 7.17. The molecule has 0 radical (unpaired) electrons. The number of hydrogen-bond acceptors (Lipinski definition) is 6. The third kappa shape index (κ3) is 3.34. The summed E-state index contributed by atoms with van der Waals surface area (Å²) in [5, 5.41) is 15.7. The van der Waals surface area contributed by atoms with Gasteiger partial charge in [0.2, 0.25) is 0 Å². The van der Waals surface area contributed by atoms with Crippen LogP contribution >= 0.6 is 11.3 Å². The maximum atomic E-state index is 9.35. The van der Waals surface area contributed by atoms with Crippen LogP contribution in [0.15, 0.2) is 35.7 Å². The molecule has 0 fully saturated rings. The van der Waals surface area contributed by atoms with Crippen LogP contribution in [0.1, 0.15) is 12.7 Å². The Morgan fingerprint density at radius 3 is 2.74 bits per heavy atom. The largest absolute Gasteiger partial charge is 0.394 e. The molecule has 0 saturated heterocycles. The molecule has 120 valence electrons. The van der Waals surface area contributed by atoms with Gasteiger partial charge >= 0.3 is 0 Å². The van der Waals surface area contributed by atoms with Crippen molar-refractivity contribution >= 4 is 27.4 Å². The Morgan fingerprint density at radius 1 is 1.26 bits per heavy atom. The van der Waals surface area contributed by atoms with Gasteiger partial charge in [-0.25, -0.2) is 9.97 Å². The summed E-state index contributed by atoms with van der Waals surface area (Å²) >= 11 is 1.59. The Hall–Kier alpha value is -2.02. The van der Waals surface area contributed by atoms with E-state index in [2.05, 4.69) is 32.8 Å². The average molecular weight is 329 g/mol. The summed E-state index contributed by atoms with van der Waals surface area (Å²) in [7, 11) is 1.63. The van der Waals surface area contributed by atoms with Gasteiger partial charge in [-0.2, -0.15) is 0 Å². The van der Waals surface area contributed by atoms with Crippen molar-refractivity contribution in [2.75, 3.05) is 19.0 Å². The zero-order valence-corrected chi connectivity index (χ0v) is 13.9. The molecule has 0 unspecified atom stereocenters. The molecule has 3 rings (SSSR count). The van der Waals surface area contributed by atoms with Gasteiger partial charge in [0.25, 0.3) is 0 Å². The number of nitrogens with zero attached hydrogens (tertiary/aromatic N) is 2. The molecule has 2 N–H and O–H groups in total. The molecule has 0 aliphatic heterocycles. The minimum atomic E-state index is -0.0907. The van der Waals surface area contributed by atoms with Gasteiger partial charge < -0.3 is 15.2 Å². The molecule has 5 nitrogen and oxygen atoms in total. The molecule has 2 aromatic heterocycles. The molecule has 3 aromatic rings. The lowest BCUT2D eigenvalue weighted by Gasteiger charge is -2.14. The third-order valence-electron chi connectivity index (χ3n) is 3.50. The highest BCUT2D eigenvalue weighted by atomic mass is 32.1. The van der Waals surface area contributed by atoms with Gasteiger partial charge in [-0.05, 0) is 12.5 Å². The SMILES string of the molecule is COCc1nc(N[C@@H](C)CO)c2c(-c3ccccc3)csc2n1. The Morgan fingerprint density at radius 2 is 2.04 bits per heavy atom. The highest BCUT2D eigenvalue weighted by Gasteiger charge is 2.16. The number of fused-ring (bicyclic) bond motifs is 1. The standard InChI is InChI=1S/C17H19N3O2S/c1-11(8-21)18-16-15-13(12-6-4-3-5-7-12)10-23-17(15)20-14(19-16)9-22-2/h3-7,10-11,21H,8-9H2,1-2H3,(H,18,19,20)/t11-/m0/s1. The molecule has 2 heterocycles. The van der Waals surface area contributed by atoms with E-state index in [1.807, 2.05) is 25.1 Å². The van der Waals surface area contributed by atoms with Crippen LogP contribution in [-0.4, -0.2) is 34.8 Å². The average Bonchev–Trinajstić information content (AvgIpc) is 3.00. The smallest absolute Gasteiger partial charge is 0.158 e. The van der Waals surface area contributed by atoms with Gasteiger partial charge in [0.15, 0.2) is 5.82 Å². The normalized spacial score (nSPS) is 12.5. The van der Waals surface area contributed by atoms with Crippen LogP contribution in [-0.2, 0) is 11.3 Å². The second-order valence-corrected chi connectivity index (χ2v) is 6.20. The van der Waals surface area contributed by atoms with Crippen molar-refractivity contribution in [2.45, 2.75) is 19.6 Å². The van der Waals surface area contributed by atoms with E-state index in [1.54, 1.807) is 18.4 Å². The van der Waals surface area contributed by atoms with Gasteiger partial charge in [0, 0.05) is 24.1 Å². The molecule has 0 aliphatic rings. The molecular formula is C17H19N3O2S. The lowest BCUT2D eigenvalue weighted by molar-refractivity contribution is 0.178. The third-order valence-corrected chi connectivity index (χ3v) is 4.37. The van der Waals surface area contributed by atoms with Crippen molar-refractivity contribution in [3.8, 4) is 11.1 Å². The number of aromatic nitrogens is 2. The van der Waals surface area contributed by atoms with E-state index in [9.17, 15) is 5.11 Å². The molecule has 0 amide bonds. The summed E-state index contributed by atoms with van der Waals surface area (Å²) in [6, 6.07) is 10.1. The Balaban J connectivity index is 2.16. The van der Waals surface area contributed by atoms with E-state index in [1.165, 1.54) is 0 Å². The van der Waals surface area contributed by atoms with E-state index in [0.717, 1.165) is 27.2 Å². The van der Waals surface area contributed by atoms with E-state index >= 15 is 0 Å². The summed E-state index contributed by atoms with van der Waals surface area (Å²) in [6.45, 7) is 2.31. The first-order valence-electron chi connectivity index (χ1n) is 7.42. The Bertz CT molecular complexity index is 789. The van der Waals surface area contributed by atoms with Gasteiger partial charge in [-0.1, -0.05) is 30.3 Å². The fourth-order valence-corrected chi connectivity index (χ4v) is 3.36. The second kappa shape index (κ2) is 7.04. The number of anilines is 1. The Labute approximate surface area is 139 Å². The van der Waals surface area contributed by atoms with Gasteiger partial charge in [0.05, 0.1) is 12.0 Å². The number of methoxy groups -OCH3 is 1. The van der Waals surface area contributed by atoms with Gasteiger partial charge in [0.1, 0.15) is 17.3 Å². The molecule has 0 spiro atoms. The number of hydrogen-bond donors (Lipinski definition) is 2. The van der Waals surface area contributed by atoms with Gasteiger partial charge in [-0.15, -0.1) is 11.3 Å². The van der Waals surface area contributed by atoms with Crippen molar-refractivity contribution in [2.24, 2.45) is 0 Å². The van der Waals surface area contributed by atoms with E-state index in [-0.39, 0.29) is 12.6 Å². The van der Waals surface area contributed by atoms with Crippen molar-refractivity contribution in [1.29, 1.82) is 0 Å². The zero-order valence-electron chi connectivity index (χ0n) is 13.1. The molecular weight excluding hydrogens is 310 g/mol. The predicted octanol–water partition coefficient (Wildman–Crippen LogP) is 3.30. The van der Waals surface area contributed by atoms with E-state index in [4.69, 9.17) is 4.74 Å². The van der Waals surface area contributed by atoms with Crippen LogP contribution in [0.2, 0.25) is 0 Å². The van der Waals surface area contributed by atoms with Crippen LogP contribution < -0.4 is 5.32 Å². The maximum absolute atomic E-state index is 9.35. The van der Waals surface area contributed by atoms with Crippen LogP contribution in [0.5, 0.6) is 0 Å². The quantitative estimate of drug-likeness (QED) is 0.726. The number of ether oxygens (including phenoxy) is 1. The number of nitrogens with one attached hydrogen (secondary N) is 1. The maximum Gasteiger partial charge on any atom is 0.158 e. The molecule has 0 bridgehead atoms. The molecule has 0 aliphatic carbocycles. The van der Waals surface area contributed by atoms with E-state index < -0.39 is 0 Å². The summed E-state index contributed by atoms with van der Waals surface area (Å²) in [5.74, 6) is 1.37. The van der Waals surface area contributed by atoms with Crippen molar-refractivity contribution in [1.82, 2.24) is 9.97 Å². The first-order chi connectivity index (χ1) is 11.2. The molecule has 0 saturated carbocycles. The molecule has 1 aromatic carbocycles. The molecule has 23 heavy (non-hydrogen) atoms. The summed E-state index contributed by atoms with van der Waals surface area (Å²) in [5.41, 5.74) is 2.23. The van der Waals surface area contributed by atoms with Crippen LogP contribution in [0, 0.1) is 0 Å². The Kier molecular flexibility index (Phi) is 4.85. The minimum Gasteiger partial charge on any atom is -0.394 e. The number of aliphatic hydroxyl groups excluding tert-OH is 1. The summed E-state index contributed by atoms with van der Waals surface area (Å²) in [6.07, 6.45) is 0. The zero-order chi connectivity index (χ0) is 16.2. The second-order valence-electron chi connectivity index (χ2n) is 5.34. The van der Waals surface area contributed by atoms with E-state index in [0.29, 0.717) is 12.4 Å². The fraction of sp³-hybridized carbons (Fsp3) is 0.294. The number of rotatable bonds is 6.